The second-order valence-corrected chi connectivity index (χ2v) is 6.84. The maximum atomic E-state index is 13.1. The number of methoxy groups -OCH3 is 1. The number of amides is 1. The number of ether oxygens (including phenoxy) is 1. The third kappa shape index (κ3) is 3.16. The molecule has 30 heavy (non-hydrogen) atoms. The quantitative estimate of drug-likeness (QED) is 0.445. The van der Waals surface area contributed by atoms with Gasteiger partial charge in [0.25, 0.3) is 5.91 Å². The minimum Gasteiger partial charge on any atom is -0.497 e. The smallest absolute Gasteiger partial charge is 0.352 e. The van der Waals surface area contributed by atoms with Gasteiger partial charge in [0, 0.05) is 17.2 Å². The molecule has 0 saturated carbocycles. The Morgan fingerprint density at radius 1 is 1.10 bits per heavy atom. The molecule has 1 amide bonds. The van der Waals surface area contributed by atoms with Crippen molar-refractivity contribution < 1.29 is 24.2 Å². The number of ketones is 1. The molecule has 2 aromatic carbocycles. The highest BCUT2D eigenvalue weighted by molar-refractivity contribution is 6.35. The third-order valence-electron chi connectivity index (χ3n) is 5.05. The fourth-order valence-electron chi connectivity index (χ4n) is 3.55. The molecule has 0 radical (unpaired) electrons. The minimum atomic E-state index is -1.18. The maximum Gasteiger partial charge on any atom is 0.352 e. The van der Waals surface area contributed by atoms with Gasteiger partial charge in [0.15, 0.2) is 5.78 Å². The van der Waals surface area contributed by atoms with E-state index < -0.39 is 5.97 Å². The molecule has 0 fully saturated rings. The van der Waals surface area contributed by atoms with E-state index in [1.54, 1.807) is 55.5 Å². The topological polar surface area (TPSA) is 108 Å². The number of hydrogen-bond donors (Lipinski definition) is 3. The zero-order chi connectivity index (χ0) is 21.4. The number of rotatable bonds is 5. The van der Waals surface area contributed by atoms with E-state index in [1.165, 1.54) is 13.2 Å². The molecule has 1 aliphatic heterocycles. The molecule has 3 N–H and O–H groups in total. The van der Waals surface area contributed by atoms with Gasteiger partial charge in [0.05, 0.1) is 29.6 Å². The Bertz CT molecular complexity index is 1220. The molecule has 3 aromatic rings. The van der Waals surface area contributed by atoms with Gasteiger partial charge in [-0.3, -0.25) is 9.59 Å². The first kappa shape index (κ1) is 19.2. The van der Waals surface area contributed by atoms with Gasteiger partial charge in [0.1, 0.15) is 11.4 Å². The van der Waals surface area contributed by atoms with Crippen LogP contribution in [0.25, 0.3) is 11.6 Å². The Labute approximate surface area is 172 Å². The van der Waals surface area contributed by atoms with Crippen molar-refractivity contribution in [3.63, 3.8) is 0 Å². The first-order valence-electron chi connectivity index (χ1n) is 9.17. The van der Waals surface area contributed by atoms with Gasteiger partial charge >= 0.3 is 5.97 Å². The Balaban J connectivity index is 1.88. The van der Waals surface area contributed by atoms with Crippen molar-refractivity contribution in [2.75, 3.05) is 12.4 Å². The van der Waals surface area contributed by atoms with Crippen LogP contribution in [0.4, 0.5) is 5.69 Å². The number of H-pyrrole nitrogens is 1. The van der Waals surface area contributed by atoms with Crippen LogP contribution in [0.15, 0.2) is 48.5 Å². The molecule has 0 unspecified atom stereocenters. The Morgan fingerprint density at radius 2 is 1.83 bits per heavy atom. The van der Waals surface area contributed by atoms with Crippen LogP contribution < -0.4 is 10.1 Å². The lowest BCUT2D eigenvalue weighted by atomic mass is 9.97. The number of nitrogens with one attached hydrogen (secondary N) is 2. The maximum absolute atomic E-state index is 13.1. The highest BCUT2D eigenvalue weighted by atomic mass is 16.5. The van der Waals surface area contributed by atoms with E-state index >= 15 is 0 Å². The van der Waals surface area contributed by atoms with Crippen LogP contribution >= 0.6 is 0 Å². The lowest BCUT2D eigenvalue weighted by Crippen LogP contribution is -2.06. The highest BCUT2D eigenvalue weighted by Crippen LogP contribution is 2.36. The SMILES string of the molecule is COc1ccc2c(c1)NC(=O)C2=Cc1[nH]c(C(=O)O)c(C)c1C(=O)c1ccccc1. The van der Waals surface area contributed by atoms with Gasteiger partial charge in [-0.2, -0.15) is 0 Å². The number of carboxylic acids is 1. The van der Waals surface area contributed by atoms with Crippen molar-refractivity contribution in [1.29, 1.82) is 0 Å². The lowest BCUT2D eigenvalue weighted by molar-refractivity contribution is -0.110. The summed E-state index contributed by atoms with van der Waals surface area (Å²) in [5.74, 6) is -1.25. The predicted octanol–water partition coefficient (Wildman–Crippen LogP) is 3.75. The number of aromatic nitrogens is 1. The van der Waals surface area contributed by atoms with Gasteiger partial charge in [-0.25, -0.2) is 4.79 Å². The number of benzene rings is 2. The molecular formula is C23H18N2O5. The molecule has 0 atom stereocenters. The van der Waals surface area contributed by atoms with E-state index in [-0.39, 0.29) is 28.6 Å². The fourth-order valence-corrected chi connectivity index (χ4v) is 3.55. The largest absolute Gasteiger partial charge is 0.497 e. The Kier molecular flexibility index (Phi) is 4.71. The standard InChI is InChI=1S/C23H18N2O5/c1-12-19(21(26)13-6-4-3-5-7-13)18(24-20(12)23(28)29)11-16-15-9-8-14(30-2)10-17(15)25-22(16)27/h3-11,24H,1-2H3,(H,25,27)(H,28,29). The van der Waals surface area contributed by atoms with Crippen LogP contribution in [0, 0.1) is 6.92 Å². The molecule has 7 heteroatoms. The van der Waals surface area contributed by atoms with Gasteiger partial charge in [-0.1, -0.05) is 30.3 Å². The number of hydrogen-bond acceptors (Lipinski definition) is 4. The molecule has 0 bridgehead atoms. The monoisotopic (exact) mass is 402 g/mol. The summed E-state index contributed by atoms with van der Waals surface area (Å²) in [6.07, 6.45) is 1.52. The normalized spacial score (nSPS) is 13.8. The highest BCUT2D eigenvalue weighted by Gasteiger charge is 2.28. The molecule has 150 valence electrons. The molecular weight excluding hydrogens is 384 g/mol. The van der Waals surface area contributed by atoms with Gasteiger partial charge in [-0.15, -0.1) is 0 Å². The van der Waals surface area contributed by atoms with Crippen molar-refractivity contribution in [3.05, 3.63) is 82.2 Å². The summed E-state index contributed by atoms with van der Waals surface area (Å²) in [5.41, 5.74) is 2.70. The summed E-state index contributed by atoms with van der Waals surface area (Å²) in [4.78, 5) is 40.2. The zero-order valence-electron chi connectivity index (χ0n) is 16.3. The molecule has 0 saturated heterocycles. The van der Waals surface area contributed by atoms with Crippen molar-refractivity contribution in [3.8, 4) is 5.75 Å². The van der Waals surface area contributed by atoms with Crippen LogP contribution in [0.3, 0.4) is 0 Å². The number of carboxylic acid groups (broad SMARTS) is 1. The van der Waals surface area contributed by atoms with Crippen LogP contribution in [0.2, 0.25) is 0 Å². The van der Waals surface area contributed by atoms with Crippen molar-refractivity contribution in [2.24, 2.45) is 0 Å². The molecule has 1 aliphatic rings. The lowest BCUT2D eigenvalue weighted by Gasteiger charge is -2.04. The average molecular weight is 402 g/mol. The van der Waals surface area contributed by atoms with E-state index in [2.05, 4.69) is 10.3 Å². The van der Waals surface area contributed by atoms with Crippen molar-refractivity contribution >= 4 is 35.0 Å². The van der Waals surface area contributed by atoms with E-state index in [1.807, 2.05) is 0 Å². The van der Waals surface area contributed by atoms with Gasteiger partial charge < -0.3 is 20.1 Å². The summed E-state index contributed by atoms with van der Waals surface area (Å²) in [7, 11) is 1.53. The van der Waals surface area contributed by atoms with Crippen LogP contribution in [-0.4, -0.2) is 34.9 Å². The average Bonchev–Trinajstić information content (AvgIpc) is 3.24. The van der Waals surface area contributed by atoms with Crippen LogP contribution in [0.5, 0.6) is 5.75 Å². The number of carbonyl (C=O) groups excluding carboxylic acids is 2. The molecule has 0 spiro atoms. The Morgan fingerprint density at radius 3 is 2.50 bits per heavy atom. The fraction of sp³-hybridized carbons (Fsp3) is 0.0870. The second kappa shape index (κ2) is 7.36. The number of carbonyl (C=O) groups is 3. The molecule has 2 heterocycles. The summed E-state index contributed by atoms with van der Waals surface area (Å²) in [6.45, 7) is 1.58. The number of aromatic carboxylic acids is 1. The summed E-state index contributed by atoms with van der Waals surface area (Å²) in [6, 6.07) is 13.8. The van der Waals surface area contributed by atoms with Crippen molar-refractivity contribution in [1.82, 2.24) is 4.98 Å². The number of fused-ring (bicyclic) bond motifs is 1. The third-order valence-corrected chi connectivity index (χ3v) is 5.05. The van der Waals surface area contributed by atoms with E-state index in [9.17, 15) is 19.5 Å². The predicted molar refractivity (Wildman–Crippen MR) is 112 cm³/mol. The first-order chi connectivity index (χ1) is 14.4. The van der Waals surface area contributed by atoms with Crippen LogP contribution in [0.1, 0.15) is 43.2 Å². The first-order valence-corrected chi connectivity index (χ1v) is 9.17. The molecule has 0 aliphatic carbocycles. The molecule has 4 rings (SSSR count). The molecule has 1 aromatic heterocycles. The summed E-state index contributed by atoms with van der Waals surface area (Å²) in [5, 5.41) is 12.3. The van der Waals surface area contributed by atoms with Crippen molar-refractivity contribution in [2.45, 2.75) is 6.92 Å². The number of anilines is 1. The van der Waals surface area contributed by atoms with E-state index in [0.717, 1.165) is 0 Å². The minimum absolute atomic E-state index is 0.0884. The van der Waals surface area contributed by atoms with E-state index in [4.69, 9.17) is 4.74 Å². The van der Waals surface area contributed by atoms with Gasteiger partial charge in [-0.05, 0) is 30.7 Å². The Hall–Kier alpha value is -4.13. The summed E-state index contributed by atoms with van der Waals surface area (Å²) < 4.78 is 5.19. The summed E-state index contributed by atoms with van der Waals surface area (Å²) >= 11 is 0. The van der Waals surface area contributed by atoms with E-state index in [0.29, 0.717) is 33.7 Å². The number of aromatic amines is 1. The molecule has 7 nitrogen and oxygen atoms in total. The van der Waals surface area contributed by atoms with Gasteiger partial charge in [0.2, 0.25) is 0 Å². The second-order valence-electron chi connectivity index (χ2n) is 6.84. The van der Waals surface area contributed by atoms with Crippen LogP contribution in [-0.2, 0) is 4.79 Å². The zero-order valence-corrected chi connectivity index (χ0v) is 16.3.